The first kappa shape index (κ1) is 20.6. The second kappa shape index (κ2) is 8.93. The van der Waals surface area contributed by atoms with Crippen LogP contribution >= 0.6 is 0 Å². The van der Waals surface area contributed by atoms with Gasteiger partial charge in [0, 0.05) is 43.9 Å². The zero-order valence-corrected chi connectivity index (χ0v) is 16.0. The van der Waals surface area contributed by atoms with E-state index < -0.39 is 29.8 Å². The lowest BCUT2D eigenvalue weighted by atomic mass is 10.1. The molecule has 2 aliphatic heterocycles. The Kier molecular flexibility index (Phi) is 6.36. The number of carboxylic acid groups (broad SMARTS) is 2. The van der Waals surface area contributed by atoms with E-state index in [1.165, 1.54) is 17.7 Å². The number of rotatable bonds is 8. The number of aliphatic carboxylic acids is 2. The lowest BCUT2D eigenvalue weighted by Crippen LogP contribution is -2.44. The molecule has 9 nitrogen and oxygen atoms in total. The Bertz CT molecular complexity index is 788. The van der Waals surface area contributed by atoms with E-state index in [1.54, 1.807) is 0 Å². The van der Waals surface area contributed by atoms with E-state index in [4.69, 9.17) is 5.11 Å². The van der Waals surface area contributed by atoms with Crippen LogP contribution < -0.4 is 15.1 Å². The average Bonchev–Trinajstić information content (AvgIpc) is 3.34. The molecule has 0 spiro atoms. The van der Waals surface area contributed by atoms with Crippen LogP contribution in [0.3, 0.4) is 0 Å². The first-order chi connectivity index (χ1) is 13.8. The molecule has 3 rings (SSSR count). The maximum atomic E-state index is 12.4. The summed E-state index contributed by atoms with van der Waals surface area (Å²) >= 11 is 0. The molecule has 2 unspecified atom stereocenters. The summed E-state index contributed by atoms with van der Waals surface area (Å²) in [6.45, 7) is 2.21. The molecule has 156 valence electrons. The topological polar surface area (TPSA) is 127 Å². The molecule has 0 saturated carbocycles. The van der Waals surface area contributed by atoms with E-state index in [-0.39, 0.29) is 31.7 Å². The van der Waals surface area contributed by atoms with Crippen LogP contribution in [0.4, 0.5) is 11.4 Å². The molecule has 9 heteroatoms. The monoisotopic (exact) mass is 403 g/mol. The number of carbonyl (C=O) groups excluding carboxylic acids is 2. The van der Waals surface area contributed by atoms with Crippen molar-refractivity contribution in [3.05, 3.63) is 24.3 Å². The number of hydrogen-bond acceptors (Lipinski definition) is 5. The molecule has 2 atom stereocenters. The Morgan fingerprint density at radius 3 is 2.28 bits per heavy atom. The summed E-state index contributed by atoms with van der Waals surface area (Å²) in [6.07, 6.45) is 1.76. The van der Waals surface area contributed by atoms with Gasteiger partial charge in [-0.3, -0.25) is 14.4 Å². The Hall–Kier alpha value is -3.10. The highest BCUT2D eigenvalue weighted by molar-refractivity contribution is 6.01. The van der Waals surface area contributed by atoms with Crippen molar-refractivity contribution < 1.29 is 29.4 Å². The van der Waals surface area contributed by atoms with Gasteiger partial charge in [0.1, 0.15) is 6.04 Å². The summed E-state index contributed by atoms with van der Waals surface area (Å²) in [5.41, 5.74) is 1.81. The molecule has 0 bridgehead atoms. The van der Waals surface area contributed by atoms with Crippen LogP contribution in [-0.4, -0.2) is 59.6 Å². The quantitative estimate of drug-likeness (QED) is 0.592. The predicted molar refractivity (Wildman–Crippen MR) is 105 cm³/mol. The summed E-state index contributed by atoms with van der Waals surface area (Å²) in [6, 6.07) is 6.36. The molecule has 2 fully saturated rings. The highest BCUT2D eigenvalue weighted by atomic mass is 16.4. The molecule has 0 aromatic heterocycles. The molecule has 1 aromatic carbocycles. The van der Waals surface area contributed by atoms with Gasteiger partial charge >= 0.3 is 11.9 Å². The van der Waals surface area contributed by atoms with Crippen molar-refractivity contribution >= 4 is 35.1 Å². The molecule has 0 aliphatic carbocycles. The van der Waals surface area contributed by atoms with E-state index in [1.807, 2.05) is 24.3 Å². The third kappa shape index (κ3) is 5.04. The minimum Gasteiger partial charge on any atom is -0.481 e. The number of nitrogens with one attached hydrogen (secondary N) is 1. The normalized spacial score (nSPS) is 20.0. The Balaban J connectivity index is 1.60. The minimum absolute atomic E-state index is 0.00895. The Morgan fingerprint density at radius 2 is 1.69 bits per heavy atom. The van der Waals surface area contributed by atoms with E-state index in [0.717, 1.165) is 18.8 Å². The standard InChI is InChI=1S/C20H25N3O6/c24-17-11-13(19(27)21-16(20(28)29)7-8-18(25)26)12-23(17)15-5-3-14(4-6-15)22-9-1-2-10-22/h3-6,13,16H,1-2,7-12H2,(H,21,27)(H,25,26)(H,28,29). The summed E-state index contributed by atoms with van der Waals surface area (Å²) in [5.74, 6) is -3.85. The third-order valence-corrected chi connectivity index (χ3v) is 5.39. The smallest absolute Gasteiger partial charge is 0.326 e. The van der Waals surface area contributed by atoms with Gasteiger partial charge in [-0.2, -0.15) is 0 Å². The van der Waals surface area contributed by atoms with Crippen molar-refractivity contribution in [1.82, 2.24) is 5.32 Å². The van der Waals surface area contributed by atoms with Gasteiger partial charge in [-0.15, -0.1) is 0 Å². The molecule has 2 amide bonds. The number of hydrogen-bond donors (Lipinski definition) is 3. The molecule has 2 saturated heterocycles. The van der Waals surface area contributed by atoms with Gasteiger partial charge in [-0.05, 0) is 43.5 Å². The van der Waals surface area contributed by atoms with E-state index >= 15 is 0 Å². The van der Waals surface area contributed by atoms with Gasteiger partial charge in [-0.1, -0.05) is 0 Å². The number of benzene rings is 1. The number of nitrogens with zero attached hydrogens (tertiary/aromatic N) is 2. The van der Waals surface area contributed by atoms with Crippen molar-refractivity contribution in [1.29, 1.82) is 0 Å². The lowest BCUT2D eigenvalue weighted by molar-refractivity contribution is -0.143. The maximum Gasteiger partial charge on any atom is 0.326 e. The molecule has 3 N–H and O–H groups in total. The molecular weight excluding hydrogens is 378 g/mol. The number of carbonyl (C=O) groups is 4. The number of carboxylic acids is 2. The lowest BCUT2D eigenvalue weighted by Gasteiger charge is -2.21. The van der Waals surface area contributed by atoms with Crippen LogP contribution in [0.2, 0.25) is 0 Å². The van der Waals surface area contributed by atoms with Crippen LogP contribution in [0.5, 0.6) is 0 Å². The van der Waals surface area contributed by atoms with Crippen molar-refractivity contribution in [2.75, 3.05) is 29.4 Å². The second-order valence-corrected chi connectivity index (χ2v) is 7.45. The first-order valence-corrected chi connectivity index (χ1v) is 9.75. The fourth-order valence-corrected chi connectivity index (χ4v) is 3.77. The second-order valence-electron chi connectivity index (χ2n) is 7.45. The molecule has 2 aliphatic rings. The van der Waals surface area contributed by atoms with E-state index in [9.17, 15) is 24.3 Å². The zero-order chi connectivity index (χ0) is 21.0. The van der Waals surface area contributed by atoms with Crippen molar-refractivity contribution in [2.45, 2.75) is 38.1 Å². The Labute approximate surface area is 168 Å². The van der Waals surface area contributed by atoms with E-state index in [2.05, 4.69) is 10.2 Å². The highest BCUT2D eigenvalue weighted by Gasteiger charge is 2.36. The summed E-state index contributed by atoms with van der Waals surface area (Å²) in [5, 5.41) is 20.3. The zero-order valence-electron chi connectivity index (χ0n) is 16.0. The molecule has 1 aromatic rings. The van der Waals surface area contributed by atoms with Gasteiger partial charge in [0.15, 0.2) is 0 Å². The molecule has 0 radical (unpaired) electrons. The summed E-state index contributed by atoms with van der Waals surface area (Å²) in [4.78, 5) is 50.6. The van der Waals surface area contributed by atoms with Gasteiger partial charge in [0.2, 0.25) is 11.8 Å². The number of amides is 2. The van der Waals surface area contributed by atoms with Gasteiger partial charge in [0.05, 0.1) is 5.92 Å². The van der Waals surface area contributed by atoms with E-state index in [0.29, 0.717) is 5.69 Å². The highest BCUT2D eigenvalue weighted by Crippen LogP contribution is 2.28. The third-order valence-electron chi connectivity index (χ3n) is 5.39. The fourth-order valence-electron chi connectivity index (χ4n) is 3.77. The van der Waals surface area contributed by atoms with Crippen molar-refractivity contribution in [3.63, 3.8) is 0 Å². The van der Waals surface area contributed by atoms with Crippen LogP contribution in [0, 0.1) is 5.92 Å². The first-order valence-electron chi connectivity index (χ1n) is 9.75. The van der Waals surface area contributed by atoms with Gasteiger partial charge in [-0.25, -0.2) is 4.79 Å². The number of anilines is 2. The minimum atomic E-state index is -1.29. The molecule has 2 heterocycles. The fraction of sp³-hybridized carbons (Fsp3) is 0.500. The van der Waals surface area contributed by atoms with Gasteiger partial charge in [0.25, 0.3) is 0 Å². The van der Waals surface area contributed by atoms with Crippen LogP contribution in [-0.2, 0) is 19.2 Å². The van der Waals surface area contributed by atoms with Crippen LogP contribution in [0.1, 0.15) is 32.1 Å². The summed E-state index contributed by atoms with van der Waals surface area (Å²) in [7, 11) is 0. The predicted octanol–water partition coefficient (Wildman–Crippen LogP) is 1.07. The van der Waals surface area contributed by atoms with Crippen LogP contribution in [0.25, 0.3) is 0 Å². The van der Waals surface area contributed by atoms with Crippen molar-refractivity contribution in [2.24, 2.45) is 5.92 Å². The molecule has 29 heavy (non-hydrogen) atoms. The van der Waals surface area contributed by atoms with Gasteiger partial charge < -0.3 is 25.3 Å². The Morgan fingerprint density at radius 1 is 1.07 bits per heavy atom. The SMILES string of the molecule is O=C(O)CCC(NC(=O)C1CC(=O)N(c2ccc(N3CCCC3)cc2)C1)C(=O)O. The molecular formula is C20H25N3O6. The average molecular weight is 403 g/mol. The maximum absolute atomic E-state index is 12.4. The largest absolute Gasteiger partial charge is 0.481 e. The van der Waals surface area contributed by atoms with Crippen molar-refractivity contribution in [3.8, 4) is 0 Å². The summed E-state index contributed by atoms with van der Waals surface area (Å²) < 4.78 is 0. The van der Waals surface area contributed by atoms with Crippen LogP contribution in [0.15, 0.2) is 24.3 Å².